The van der Waals surface area contributed by atoms with Crippen LogP contribution in [-0.4, -0.2) is 43.8 Å². The molecule has 2 aromatic carbocycles. The van der Waals surface area contributed by atoms with Gasteiger partial charge in [-0.15, -0.1) is 0 Å². The average molecular weight is 570 g/mol. The molecule has 0 radical (unpaired) electrons. The number of hydrogen-bond acceptors (Lipinski definition) is 7. The van der Waals surface area contributed by atoms with Crippen LogP contribution in [0, 0.1) is 0 Å². The molecule has 1 saturated carbocycles. The van der Waals surface area contributed by atoms with Crippen molar-refractivity contribution in [3.05, 3.63) is 94.3 Å². The van der Waals surface area contributed by atoms with Crippen LogP contribution in [0.2, 0.25) is 5.02 Å². The van der Waals surface area contributed by atoms with Gasteiger partial charge in [0.25, 0.3) is 21.8 Å². The molecule has 1 aliphatic carbocycles. The van der Waals surface area contributed by atoms with Crippen LogP contribution < -0.4 is 10.0 Å². The van der Waals surface area contributed by atoms with Gasteiger partial charge < -0.3 is 10.1 Å². The number of amides is 2. The SMILES string of the molecule is O=C(NCCc1ccc(Cl)cc1)c1ccc(S(=O)(=O)NC(=O)c2ccc(C(=O)OC3CCCCC3)nc2)cc1. The first kappa shape index (κ1) is 28.3. The average Bonchev–Trinajstić information content (AvgIpc) is 2.94. The van der Waals surface area contributed by atoms with Crippen LogP contribution in [-0.2, 0) is 21.2 Å². The molecule has 2 N–H and O–H groups in total. The van der Waals surface area contributed by atoms with E-state index in [-0.39, 0.29) is 33.7 Å². The Labute approximate surface area is 232 Å². The summed E-state index contributed by atoms with van der Waals surface area (Å²) >= 11 is 5.87. The molecule has 0 spiro atoms. The third kappa shape index (κ3) is 7.87. The molecule has 0 unspecified atom stereocenters. The van der Waals surface area contributed by atoms with Gasteiger partial charge >= 0.3 is 5.97 Å². The highest BCUT2D eigenvalue weighted by Crippen LogP contribution is 2.21. The Bertz CT molecular complexity index is 1420. The first-order chi connectivity index (χ1) is 18.7. The van der Waals surface area contributed by atoms with Crippen molar-refractivity contribution < 1.29 is 27.5 Å². The molecule has 0 bridgehead atoms. The van der Waals surface area contributed by atoms with Gasteiger partial charge in [0.15, 0.2) is 0 Å². The third-order valence-electron chi connectivity index (χ3n) is 6.33. The predicted molar refractivity (Wildman–Crippen MR) is 145 cm³/mol. The van der Waals surface area contributed by atoms with Crippen LogP contribution in [0.3, 0.4) is 0 Å². The van der Waals surface area contributed by atoms with Gasteiger partial charge in [0.2, 0.25) is 0 Å². The zero-order valence-electron chi connectivity index (χ0n) is 21.1. The van der Waals surface area contributed by atoms with Crippen molar-refractivity contribution >= 4 is 39.4 Å². The monoisotopic (exact) mass is 569 g/mol. The maximum absolute atomic E-state index is 12.7. The zero-order valence-corrected chi connectivity index (χ0v) is 22.6. The van der Waals surface area contributed by atoms with Gasteiger partial charge in [-0.1, -0.05) is 30.2 Å². The number of carbonyl (C=O) groups is 3. The minimum absolute atomic E-state index is 0.0375. The molecule has 1 aromatic heterocycles. The molecule has 9 nitrogen and oxygen atoms in total. The number of ether oxygens (including phenoxy) is 1. The van der Waals surface area contributed by atoms with Crippen molar-refractivity contribution in [3.63, 3.8) is 0 Å². The number of pyridine rings is 1. The molecule has 0 aliphatic heterocycles. The van der Waals surface area contributed by atoms with E-state index in [4.69, 9.17) is 16.3 Å². The number of esters is 1. The van der Waals surface area contributed by atoms with Crippen molar-refractivity contribution in [1.82, 2.24) is 15.0 Å². The van der Waals surface area contributed by atoms with E-state index in [1.165, 1.54) is 36.4 Å². The third-order valence-corrected chi connectivity index (χ3v) is 7.93. The molecule has 11 heteroatoms. The van der Waals surface area contributed by atoms with Crippen LogP contribution in [0.1, 0.15) is 68.9 Å². The van der Waals surface area contributed by atoms with E-state index >= 15 is 0 Å². The van der Waals surface area contributed by atoms with Gasteiger partial charge in [0.05, 0.1) is 10.5 Å². The van der Waals surface area contributed by atoms with Crippen LogP contribution in [0.4, 0.5) is 0 Å². The molecule has 1 fully saturated rings. The second-order valence-corrected chi connectivity index (χ2v) is 11.3. The van der Waals surface area contributed by atoms with E-state index in [1.54, 1.807) is 12.1 Å². The Hall–Kier alpha value is -3.76. The topological polar surface area (TPSA) is 132 Å². The summed E-state index contributed by atoms with van der Waals surface area (Å²) in [6.07, 6.45) is 6.40. The van der Waals surface area contributed by atoms with E-state index < -0.39 is 21.9 Å². The van der Waals surface area contributed by atoms with Gasteiger partial charge in [0, 0.05) is 23.3 Å². The van der Waals surface area contributed by atoms with Crippen molar-refractivity contribution in [1.29, 1.82) is 0 Å². The molecule has 39 heavy (non-hydrogen) atoms. The largest absolute Gasteiger partial charge is 0.458 e. The molecular formula is C28H28ClN3O6S. The fourth-order valence-electron chi connectivity index (χ4n) is 4.14. The molecule has 4 rings (SSSR count). The van der Waals surface area contributed by atoms with E-state index in [9.17, 15) is 22.8 Å². The Kier molecular flexibility index (Phi) is 9.32. The first-order valence-corrected chi connectivity index (χ1v) is 14.4. The molecule has 0 saturated heterocycles. The molecule has 2 amide bonds. The number of rotatable bonds is 9. The minimum Gasteiger partial charge on any atom is -0.458 e. The number of sulfonamides is 1. The molecule has 204 valence electrons. The fraction of sp³-hybridized carbons (Fsp3) is 0.286. The van der Waals surface area contributed by atoms with Crippen LogP contribution >= 0.6 is 11.6 Å². The summed E-state index contributed by atoms with van der Waals surface area (Å²) in [5.74, 6) is -1.83. The summed E-state index contributed by atoms with van der Waals surface area (Å²) in [7, 11) is -4.21. The number of nitrogens with one attached hydrogen (secondary N) is 2. The minimum atomic E-state index is -4.21. The number of nitrogens with zero attached hydrogens (tertiary/aromatic N) is 1. The van der Waals surface area contributed by atoms with Crippen LogP contribution in [0.15, 0.2) is 71.8 Å². The Morgan fingerprint density at radius 1 is 0.872 bits per heavy atom. The summed E-state index contributed by atoms with van der Waals surface area (Å²) in [5, 5.41) is 3.41. The lowest BCUT2D eigenvalue weighted by molar-refractivity contribution is 0.0204. The number of halogens is 1. The summed E-state index contributed by atoms with van der Waals surface area (Å²) in [5.41, 5.74) is 1.30. The van der Waals surface area contributed by atoms with Gasteiger partial charge in [-0.3, -0.25) is 9.59 Å². The Morgan fingerprint density at radius 3 is 2.18 bits per heavy atom. The van der Waals surface area contributed by atoms with E-state index in [1.807, 2.05) is 16.9 Å². The normalized spacial score (nSPS) is 13.9. The standard InChI is InChI=1S/C28H28ClN3O6S/c29-22-11-6-19(7-12-22)16-17-30-26(33)20-8-13-24(14-9-20)39(36,37)32-27(34)21-10-15-25(31-18-21)28(35)38-23-4-2-1-3-5-23/h6-15,18,23H,1-5,16-17H2,(H,30,33)(H,32,34). The number of carbonyl (C=O) groups excluding carboxylic acids is 3. The fourth-order valence-corrected chi connectivity index (χ4v) is 5.24. The lowest BCUT2D eigenvalue weighted by Crippen LogP contribution is -2.31. The van der Waals surface area contributed by atoms with Crippen molar-refractivity contribution in [2.24, 2.45) is 0 Å². The summed E-state index contributed by atoms with van der Waals surface area (Å²) in [6, 6.07) is 15.2. The molecule has 0 atom stereocenters. The number of aromatic nitrogens is 1. The number of benzene rings is 2. The molecular weight excluding hydrogens is 542 g/mol. The smallest absolute Gasteiger partial charge is 0.357 e. The lowest BCUT2D eigenvalue weighted by atomic mass is 9.98. The Balaban J connectivity index is 1.30. The molecule has 1 heterocycles. The maximum Gasteiger partial charge on any atom is 0.357 e. The number of hydrogen-bond donors (Lipinski definition) is 2. The van der Waals surface area contributed by atoms with Crippen LogP contribution in [0.5, 0.6) is 0 Å². The van der Waals surface area contributed by atoms with Gasteiger partial charge in [-0.05, 0) is 86.2 Å². The van der Waals surface area contributed by atoms with E-state index in [0.29, 0.717) is 18.0 Å². The predicted octanol–water partition coefficient (Wildman–Crippen LogP) is 4.32. The lowest BCUT2D eigenvalue weighted by Gasteiger charge is -2.21. The van der Waals surface area contributed by atoms with Gasteiger partial charge in [-0.2, -0.15) is 0 Å². The van der Waals surface area contributed by atoms with Crippen molar-refractivity contribution in [3.8, 4) is 0 Å². The highest BCUT2D eigenvalue weighted by atomic mass is 35.5. The second kappa shape index (κ2) is 12.9. The van der Waals surface area contributed by atoms with Gasteiger partial charge in [0.1, 0.15) is 11.8 Å². The highest BCUT2D eigenvalue weighted by molar-refractivity contribution is 7.90. The summed E-state index contributed by atoms with van der Waals surface area (Å²) in [6.45, 7) is 0.391. The first-order valence-electron chi connectivity index (χ1n) is 12.6. The molecule has 3 aromatic rings. The van der Waals surface area contributed by atoms with Crippen LogP contribution in [0.25, 0.3) is 0 Å². The van der Waals surface area contributed by atoms with Crippen molar-refractivity contribution in [2.45, 2.75) is 49.5 Å². The zero-order chi connectivity index (χ0) is 27.8. The highest BCUT2D eigenvalue weighted by Gasteiger charge is 2.22. The maximum atomic E-state index is 12.7. The quantitative estimate of drug-likeness (QED) is 0.367. The van der Waals surface area contributed by atoms with E-state index in [0.717, 1.165) is 43.9 Å². The summed E-state index contributed by atoms with van der Waals surface area (Å²) < 4.78 is 32.9. The summed E-state index contributed by atoms with van der Waals surface area (Å²) in [4.78, 5) is 41.0. The second-order valence-electron chi connectivity index (χ2n) is 9.19. The van der Waals surface area contributed by atoms with Gasteiger partial charge in [-0.25, -0.2) is 22.9 Å². The van der Waals surface area contributed by atoms with E-state index in [2.05, 4.69) is 10.3 Å². The Morgan fingerprint density at radius 2 is 1.54 bits per heavy atom. The molecule has 1 aliphatic rings. The van der Waals surface area contributed by atoms with Crippen molar-refractivity contribution in [2.75, 3.05) is 6.54 Å².